The van der Waals surface area contributed by atoms with Gasteiger partial charge in [-0.1, -0.05) is 6.07 Å². The van der Waals surface area contributed by atoms with Crippen molar-refractivity contribution in [3.63, 3.8) is 0 Å². The van der Waals surface area contributed by atoms with Gasteiger partial charge < -0.3 is 10.1 Å². The number of anilines is 1. The summed E-state index contributed by atoms with van der Waals surface area (Å²) < 4.78 is 5.19. The van der Waals surface area contributed by atoms with E-state index in [1.807, 2.05) is 25.1 Å². The topological polar surface area (TPSA) is 62.4 Å². The van der Waals surface area contributed by atoms with Crippen molar-refractivity contribution in [2.75, 3.05) is 12.4 Å². The molecule has 1 aromatic rings. The van der Waals surface area contributed by atoms with Gasteiger partial charge in [0.05, 0.1) is 12.8 Å². The molecule has 0 aliphatic heterocycles. The molecule has 0 aliphatic carbocycles. The lowest BCUT2D eigenvalue weighted by atomic mass is 10.2. The van der Waals surface area contributed by atoms with Crippen LogP contribution in [0.25, 0.3) is 0 Å². The van der Waals surface area contributed by atoms with Gasteiger partial charge in [-0.05, 0) is 36.8 Å². The summed E-state index contributed by atoms with van der Waals surface area (Å²) in [5.41, 5.74) is 6.78. The Bertz CT molecular complexity index is 435. The fraction of sp³-hybridized carbons (Fsp3) is 0.273. The summed E-state index contributed by atoms with van der Waals surface area (Å²) in [6.45, 7) is 3.36. The minimum absolute atomic E-state index is 0.217. The quantitative estimate of drug-likeness (QED) is 0.548. The molecule has 0 saturated carbocycles. The molecule has 1 rings (SSSR count). The van der Waals surface area contributed by atoms with Crippen LogP contribution in [-0.2, 0) is 4.79 Å². The molecule has 5 nitrogen and oxygen atoms in total. The van der Waals surface area contributed by atoms with E-state index >= 15 is 0 Å². The van der Waals surface area contributed by atoms with E-state index in [1.165, 1.54) is 6.92 Å². The molecule has 0 fully saturated rings. The van der Waals surface area contributed by atoms with Crippen LogP contribution in [0.5, 0.6) is 5.75 Å². The van der Waals surface area contributed by atoms with Crippen LogP contribution in [-0.4, -0.2) is 18.1 Å². The fourth-order valence-corrected chi connectivity index (χ4v) is 1.38. The van der Waals surface area contributed by atoms with Gasteiger partial charge in [-0.2, -0.15) is 0 Å². The normalized spacial score (nSPS) is 9.35. The molecule has 0 aromatic heterocycles. The van der Waals surface area contributed by atoms with E-state index in [0.29, 0.717) is 10.9 Å². The molecule has 92 valence electrons. The van der Waals surface area contributed by atoms with Crippen LogP contribution in [0.4, 0.5) is 5.69 Å². The van der Waals surface area contributed by atoms with Crippen LogP contribution in [0.3, 0.4) is 0 Å². The van der Waals surface area contributed by atoms with Crippen molar-refractivity contribution in [2.24, 2.45) is 0 Å². The van der Waals surface area contributed by atoms with Crippen LogP contribution in [0.2, 0.25) is 0 Å². The highest BCUT2D eigenvalue weighted by molar-refractivity contribution is 7.80. The molecule has 3 N–H and O–H groups in total. The third-order valence-electron chi connectivity index (χ3n) is 1.96. The Morgan fingerprint density at radius 2 is 2.06 bits per heavy atom. The maximum absolute atomic E-state index is 10.7. The van der Waals surface area contributed by atoms with Gasteiger partial charge in [-0.15, -0.1) is 0 Å². The maximum atomic E-state index is 10.7. The molecule has 0 spiro atoms. The zero-order chi connectivity index (χ0) is 12.8. The summed E-state index contributed by atoms with van der Waals surface area (Å²) in [5.74, 6) is 0.466. The summed E-state index contributed by atoms with van der Waals surface area (Å²) in [5, 5.41) is 3.23. The van der Waals surface area contributed by atoms with Gasteiger partial charge in [0.25, 0.3) is 0 Å². The Kier molecular flexibility index (Phi) is 4.71. The maximum Gasteiger partial charge on any atom is 0.235 e. The number of hydrogen-bond donors (Lipinski definition) is 3. The molecule has 6 heteroatoms. The van der Waals surface area contributed by atoms with E-state index in [0.717, 1.165) is 11.3 Å². The van der Waals surface area contributed by atoms with Crippen molar-refractivity contribution < 1.29 is 9.53 Å². The molecule has 0 heterocycles. The molecular formula is C11H15N3O2S. The molecule has 0 radical (unpaired) electrons. The zero-order valence-corrected chi connectivity index (χ0v) is 10.8. The predicted molar refractivity (Wildman–Crippen MR) is 70.9 cm³/mol. The Morgan fingerprint density at radius 3 is 2.65 bits per heavy atom. The van der Waals surface area contributed by atoms with Gasteiger partial charge >= 0.3 is 0 Å². The van der Waals surface area contributed by atoms with Crippen molar-refractivity contribution in [1.82, 2.24) is 10.9 Å². The largest absolute Gasteiger partial charge is 0.495 e. The Morgan fingerprint density at radius 1 is 1.35 bits per heavy atom. The summed E-state index contributed by atoms with van der Waals surface area (Å²) in [6.07, 6.45) is 0. The number of carbonyl (C=O) groups excluding carboxylic acids is 1. The number of benzene rings is 1. The van der Waals surface area contributed by atoms with Gasteiger partial charge in [0.1, 0.15) is 5.75 Å². The van der Waals surface area contributed by atoms with Crippen molar-refractivity contribution in [1.29, 1.82) is 0 Å². The average Bonchev–Trinajstić information content (AvgIpc) is 2.27. The van der Waals surface area contributed by atoms with Crippen LogP contribution in [0, 0.1) is 6.92 Å². The monoisotopic (exact) mass is 253 g/mol. The zero-order valence-electron chi connectivity index (χ0n) is 9.96. The Hall–Kier alpha value is -1.82. The first-order valence-electron chi connectivity index (χ1n) is 5.01. The second kappa shape index (κ2) is 6.05. The number of aryl methyl sites for hydroxylation is 1. The number of rotatable bonds is 2. The standard InChI is InChI=1S/C11H15N3O2S/c1-7-4-5-10(16-3)9(6-7)12-11(17)14-13-8(2)15/h4-6H,1-3H3,(H,13,15)(H2,12,14,17). The highest BCUT2D eigenvalue weighted by Crippen LogP contribution is 2.24. The van der Waals surface area contributed by atoms with Crippen molar-refractivity contribution in [3.8, 4) is 5.75 Å². The SMILES string of the molecule is COc1ccc(C)cc1NC(=S)NNC(C)=O. The molecule has 0 bridgehead atoms. The third kappa shape index (κ3) is 4.28. The number of hydrazine groups is 1. The van der Waals surface area contributed by atoms with E-state index < -0.39 is 0 Å². The van der Waals surface area contributed by atoms with Crippen LogP contribution in [0.15, 0.2) is 18.2 Å². The fourth-order valence-electron chi connectivity index (χ4n) is 1.22. The molecule has 0 aliphatic rings. The first kappa shape index (κ1) is 13.2. The minimum atomic E-state index is -0.217. The molecule has 17 heavy (non-hydrogen) atoms. The molecule has 0 unspecified atom stereocenters. The number of carbonyl (C=O) groups is 1. The summed E-state index contributed by atoms with van der Waals surface area (Å²) >= 11 is 5.01. The van der Waals surface area contributed by atoms with Crippen molar-refractivity contribution in [2.45, 2.75) is 13.8 Å². The van der Waals surface area contributed by atoms with Gasteiger partial charge in [0, 0.05) is 6.92 Å². The van der Waals surface area contributed by atoms with E-state index in [9.17, 15) is 4.79 Å². The van der Waals surface area contributed by atoms with E-state index in [4.69, 9.17) is 17.0 Å². The molecule has 1 aromatic carbocycles. The van der Waals surface area contributed by atoms with E-state index in [-0.39, 0.29) is 5.91 Å². The van der Waals surface area contributed by atoms with Crippen molar-refractivity contribution >= 4 is 28.9 Å². The van der Waals surface area contributed by atoms with Crippen LogP contribution >= 0.6 is 12.2 Å². The van der Waals surface area contributed by atoms with Crippen LogP contribution < -0.4 is 20.9 Å². The first-order chi connectivity index (χ1) is 8.02. The molecular weight excluding hydrogens is 238 g/mol. The van der Waals surface area contributed by atoms with E-state index in [1.54, 1.807) is 7.11 Å². The first-order valence-corrected chi connectivity index (χ1v) is 5.42. The summed E-state index contributed by atoms with van der Waals surface area (Å²) in [6, 6.07) is 5.69. The average molecular weight is 253 g/mol. The molecule has 0 saturated heterocycles. The lowest BCUT2D eigenvalue weighted by Gasteiger charge is -2.13. The Labute approximate surface area is 106 Å². The Balaban J connectivity index is 2.69. The van der Waals surface area contributed by atoms with Gasteiger partial charge in [0.15, 0.2) is 5.11 Å². The lowest BCUT2D eigenvalue weighted by Crippen LogP contribution is -2.42. The highest BCUT2D eigenvalue weighted by Gasteiger charge is 2.05. The van der Waals surface area contributed by atoms with Crippen molar-refractivity contribution in [3.05, 3.63) is 23.8 Å². The van der Waals surface area contributed by atoms with Gasteiger partial charge in [-0.3, -0.25) is 15.6 Å². The van der Waals surface area contributed by atoms with E-state index in [2.05, 4.69) is 16.2 Å². The second-order valence-corrected chi connectivity index (χ2v) is 3.87. The second-order valence-electron chi connectivity index (χ2n) is 3.46. The number of amides is 1. The van der Waals surface area contributed by atoms with Crippen LogP contribution in [0.1, 0.15) is 12.5 Å². The number of thiocarbonyl (C=S) groups is 1. The van der Waals surface area contributed by atoms with Gasteiger partial charge in [0.2, 0.25) is 5.91 Å². The molecule has 1 amide bonds. The van der Waals surface area contributed by atoms with Gasteiger partial charge in [-0.25, -0.2) is 0 Å². The minimum Gasteiger partial charge on any atom is -0.495 e. The lowest BCUT2D eigenvalue weighted by molar-refractivity contribution is -0.119. The number of nitrogens with one attached hydrogen (secondary N) is 3. The highest BCUT2D eigenvalue weighted by atomic mass is 32.1. The smallest absolute Gasteiger partial charge is 0.235 e. The third-order valence-corrected chi connectivity index (χ3v) is 2.16. The number of hydrogen-bond acceptors (Lipinski definition) is 3. The number of ether oxygens (including phenoxy) is 1. The molecule has 0 atom stereocenters. The number of methoxy groups -OCH3 is 1. The summed E-state index contributed by atoms with van der Waals surface area (Å²) in [7, 11) is 1.58. The predicted octanol–water partition coefficient (Wildman–Crippen LogP) is 1.34. The summed E-state index contributed by atoms with van der Waals surface area (Å²) in [4.78, 5) is 10.7.